The molecule has 0 radical (unpaired) electrons. The molecule has 1 aliphatic heterocycles. The van der Waals surface area contributed by atoms with Crippen molar-refractivity contribution in [2.45, 2.75) is 71.4 Å². The lowest BCUT2D eigenvalue weighted by atomic mass is 9.58. The van der Waals surface area contributed by atoms with E-state index in [1.54, 1.807) is 7.11 Å². The van der Waals surface area contributed by atoms with Crippen molar-refractivity contribution in [1.29, 1.82) is 0 Å². The predicted octanol–water partition coefficient (Wildman–Crippen LogP) is 3.14. The van der Waals surface area contributed by atoms with E-state index < -0.39 is 0 Å². The quantitative estimate of drug-likeness (QED) is 0.744. The van der Waals surface area contributed by atoms with E-state index in [0.717, 1.165) is 32.4 Å². The Morgan fingerprint density at radius 1 is 1.39 bits per heavy atom. The lowest BCUT2D eigenvalue weighted by molar-refractivity contribution is -0.142. The molecule has 1 saturated carbocycles. The van der Waals surface area contributed by atoms with Crippen LogP contribution >= 0.6 is 12.4 Å². The highest BCUT2D eigenvalue weighted by Gasteiger charge is 2.53. The smallest absolute Gasteiger partial charge is 0.220 e. The lowest BCUT2D eigenvalue weighted by Crippen LogP contribution is -2.64. The van der Waals surface area contributed by atoms with Gasteiger partial charge in [0.25, 0.3) is 0 Å². The molecule has 2 fully saturated rings. The molecule has 0 spiro atoms. The standard InChI is InChI=1S/C18H34N2O2.ClH/c1-5-18(6-2)15(11-16(18)22-4)20-17(21)10-13(3)14-8-7-9-19-12-14;/h13-16,19H,5-12H2,1-4H3,(H,20,21);1H. The predicted molar refractivity (Wildman–Crippen MR) is 97.0 cm³/mol. The van der Waals surface area contributed by atoms with Gasteiger partial charge in [-0.05, 0) is 57.0 Å². The number of piperidine rings is 1. The van der Waals surface area contributed by atoms with Crippen LogP contribution in [0.3, 0.4) is 0 Å². The van der Waals surface area contributed by atoms with Gasteiger partial charge in [0.15, 0.2) is 0 Å². The number of carbonyl (C=O) groups excluding carboxylic acids is 1. The summed E-state index contributed by atoms with van der Waals surface area (Å²) >= 11 is 0. The maximum Gasteiger partial charge on any atom is 0.220 e. The van der Waals surface area contributed by atoms with Gasteiger partial charge in [0, 0.05) is 25.0 Å². The van der Waals surface area contributed by atoms with E-state index in [-0.39, 0.29) is 29.8 Å². The molecular weight excluding hydrogens is 312 g/mol. The summed E-state index contributed by atoms with van der Waals surface area (Å²) in [5, 5.41) is 6.75. The summed E-state index contributed by atoms with van der Waals surface area (Å²) in [6.45, 7) is 8.85. The van der Waals surface area contributed by atoms with Crippen LogP contribution in [-0.4, -0.2) is 38.3 Å². The molecule has 0 aromatic carbocycles. The molecule has 1 saturated heterocycles. The van der Waals surface area contributed by atoms with Crippen molar-refractivity contribution in [3.8, 4) is 0 Å². The maximum atomic E-state index is 12.4. The monoisotopic (exact) mass is 346 g/mol. The number of hydrogen-bond donors (Lipinski definition) is 2. The fourth-order valence-electron chi connectivity index (χ4n) is 4.56. The van der Waals surface area contributed by atoms with E-state index >= 15 is 0 Å². The Balaban J connectivity index is 0.00000264. The van der Waals surface area contributed by atoms with E-state index in [0.29, 0.717) is 24.4 Å². The highest BCUT2D eigenvalue weighted by atomic mass is 35.5. The van der Waals surface area contributed by atoms with Gasteiger partial charge in [-0.25, -0.2) is 0 Å². The van der Waals surface area contributed by atoms with Gasteiger partial charge in [-0.3, -0.25) is 4.79 Å². The van der Waals surface area contributed by atoms with Crippen molar-refractivity contribution in [2.75, 3.05) is 20.2 Å². The Bertz CT molecular complexity index is 368. The topological polar surface area (TPSA) is 50.4 Å². The summed E-state index contributed by atoms with van der Waals surface area (Å²) < 4.78 is 5.61. The van der Waals surface area contributed by atoms with Crippen LogP contribution in [-0.2, 0) is 9.53 Å². The number of carbonyl (C=O) groups is 1. The molecular formula is C18H35ClN2O2. The fourth-order valence-corrected chi connectivity index (χ4v) is 4.56. The molecule has 2 N–H and O–H groups in total. The lowest BCUT2D eigenvalue weighted by Gasteiger charge is -2.55. The van der Waals surface area contributed by atoms with Gasteiger partial charge in [-0.2, -0.15) is 0 Å². The van der Waals surface area contributed by atoms with Crippen molar-refractivity contribution in [3.05, 3.63) is 0 Å². The zero-order valence-electron chi connectivity index (χ0n) is 15.2. The molecule has 4 atom stereocenters. The van der Waals surface area contributed by atoms with E-state index in [2.05, 4.69) is 31.4 Å². The number of hydrogen-bond acceptors (Lipinski definition) is 3. The summed E-state index contributed by atoms with van der Waals surface area (Å²) in [7, 11) is 1.79. The van der Waals surface area contributed by atoms with Gasteiger partial charge in [0.05, 0.1) is 6.10 Å². The Kier molecular flexibility index (Phi) is 8.32. The third kappa shape index (κ3) is 4.40. The maximum absolute atomic E-state index is 12.4. The van der Waals surface area contributed by atoms with Crippen LogP contribution in [0.4, 0.5) is 0 Å². The SMILES string of the molecule is CCC1(CC)C(NC(=O)CC(C)C2CCCNC2)CC1OC.Cl. The molecule has 1 heterocycles. The van der Waals surface area contributed by atoms with Crippen LogP contribution in [0.1, 0.15) is 59.3 Å². The Hall–Kier alpha value is -0.320. The summed E-state index contributed by atoms with van der Waals surface area (Å²) in [5.41, 5.74) is 0.139. The second kappa shape index (κ2) is 9.24. The largest absolute Gasteiger partial charge is 0.381 e. The second-order valence-electron chi connectivity index (χ2n) is 7.31. The van der Waals surface area contributed by atoms with Crippen LogP contribution in [0.15, 0.2) is 0 Å². The van der Waals surface area contributed by atoms with Gasteiger partial charge >= 0.3 is 0 Å². The summed E-state index contributed by atoms with van der Waals surface area (Å²) in [6.07, 6.45) is 6.54. The number of halogens is 1. The molecule has 2 aliphatic rings. The van der Waals surface area contributed by atoms with Crippen molar-refractivity contribution < 1.29 is 9.53 Å². The number of amides is 1. The molecule has 1 amide bonds. The van der Waals surface area contributed by atoms with Crippen molar-refractivity contribution in [2.24, 2.45) is 17.3 Å². The average Bonchev–Trinajstić information content (AvgIpc) is 2.53. The van der Waals surface area contributed by atoms with Gasteiger partial charge in [-0.1, -0.05) is 20.8 Å². The number of ether oxygens (including phenoxy) is 1. The minimum Gasteiger partial charge on any atom is -0.381 e. The van der Waals surface area contributed by atoms with Crippen LogP contribution < -0.4 is 10.6 Å². The Labute approximate surface area is 147 Å². The molecule has 23 heavy (non-hydrogen) atoms. The van der Waals surface area contributed by atoms with E-state index in [4.69, 9.17) is 4.74 Å². The van der Waals surface area contributed by atoms with Crippen LogP contribution in [0.25, 0.3) is 0 Å². The third-order valence-corrected chi connectivity index (χ3v) is 6.37. The molecule has 0 aromatic rings. The minimum atomic E-state index is 0. The van der Waals surface area contributed by atoms with Crippen LogP contribution in [0.5, 0.6) is 0 Å². The van der Waals surface area contributed by atoms with Gasteiger partial charge in [0.1, 0.15) is 0 Å². The zero-order chi connectivity index (χ0) is 16.2. The van der Waals surface area contributed by atoms with Crippen LogP contribution in [0.2, 0.25) is 0 Å². The van der Waals surface area contributed by atoms with E-state index in [1.165, 1.54) is 12.8 Å². The van der Waals surface area contributed by atoms with Crippen molar-refractivity contribution in [3.63, 3.8) is 0 Å². The first-order valence-electron chi connectivity index (χ1n) is 9.10. The molecule has 0 bridgehead atoms. The number of methoxy groups -OCH3 is 1. The van der Waals surface area contributed by atoms with E-state index in [9.17, 15) is 4.79 Å². The van der Waals surface area contributed by atoms with Crippen molar-refractivity contribution >= 4 is 18.3 Å². The normalized spacial score (nSPS) is 30.7. The van der Waals surface area contributed by atoms with Gasteiger partial charge in [0.2, 0.25) is 5.91 Å². The first-order valence-corrected chi connectivity index (χ1v) is 9.10. The minimum absolute atomic E-state index is 0. The van der Waals surface area contributed by atoms with Gasteiger partial charge in [-0.15, -0.1) is 12.4 Å². The molecule has 4 unspecified atom stereocenters. The summed E-state index contributed by atoms with van der Waals surface area (Å²) in [5.74, 6) is 1.34. The number of rotatable bonds is 7. The highest BCUT2D eigenvalue weighted by Crippen LogP contribution is 2.48. The highest BCUT2D eigenvalue weighted by molar-refractivity contribution is 5.85. The third-order valence-electron chi connectivity index (χ3n) is 6.37. The molecule has 0 aromatic heterocycles. The second-order valence-corrected chi connectivity index (χ2v) is 7.31. The molecule has 5 heteroatoms. The van der Waals surface area contributed by atoms with E-state index in [1.807, 2.05) is 0 Å². The summed E-state index contributed by atoms with van der Waals surface area (Å²) in [4.78, 5) is 12.4. The first-order chi connectivity index (χ1) is 10.6. The zero-order valence-corrected chi connectivity index (χ0v) is 16.0. The Morgan fingerprint density at radius 2 is 2.09 bits per heavy atom. The summed E-state index contributed by atoms with van der Waals surface area (Å²) in [6, 6.07) is 0.289. The fraction of sp³-hybridized carbons (Fsp3) is 0.944. The molecule has 1 aliphatic carbocycles. The van der Waals surface area contributed by atoms with Gasteiger partial charge < -0.3 is 15.4 Å². The van der Waals surface area contributed by atoms with Crippen molar-refractivity contribution in [1.82, 2.24) is 10.6 Å². The van der Waals surface area contributed by atoms with Crippen LogP contribution in [0, 0.1) is 17.3 Å². The average molecular weight is 347 g/mol. The molecule has 4 nitrogen and oxygen atoms in total. The molecule has 2 rings (SSSR count). The number of nitrogens with one attached hydrogen (secondary N) is 2. The first kappa shape index (κ1) is 20.7. The Morgan fingerprint density at radius 3 is 2.61 bits per heavy atom. The molecule has 136 valence electrons.